The number of benzene rings is 6. The molecule has 0 fully saturated rings. The lowest BCUT2D eigenvalue weighted by atomic mass is 10.1. The van der Waals surface area contributed by atoms with E-state index in [2.05, 4.69) is 155 Å². The first-order chi connectivity index (χ1) is 19.3. The molecule has 39 heavy (non-hydrogen) atoms. The molecule has 6 aromatic carbocycles. The van der Waals surface area contributed by atoms with Crippen molar-refractivity contribution in [3.8, 4) is 5.69 Å². The fourth-order valence-corrected chi connectivity index (χ4v) is 6.83. The number of anilines is 3. The Bertz CT molecular complexity index is 2140. The standard InChI is InChI=1S/C36H24N2S/c1-2-10-28(11-3-1)37-21-20-26-15-17-30(23-34(26)37)38(29-16-14-25-8-4-5-9-27(25)22-29)31-18-19-33-32-12-6-7-13-35(32)39-36(33)24-31/h1-24H. The Kier molecular flexibility index (Phi) is 5.04. The second kappa shape index (κ2) is 8.87. The van der Waals surface area contributed by atoms with Gasteiger partial charge in [0.25, 0.3) is 0 Å². The maximum absolute atomic E-state index is 2.39. The number of aromatic nitrogens is 1. The van der Waals surface area contributed by atoms with Gasteiger partial charge in [0.1, 0.15) is 0 Å². The molecule has 0 saturated carbocycles. The van der Waals surface area contributed by atoms with Crippen LogP contribution in [-0.2, 0) is 0 Å². The van der Waals surface area contributed by atoms with Crippen molar-refractivity contribution in [2.24, 2.45) is 0 Å². The fraction of sp³-hybridized carbons (Fsp3) is 0. The van der Waals surface area contributed by atoms with E-state index in [1.807, 2.05) is 11.3 Å². The van der Waals surface area contributed by atoms with Crippen molar-refractivity contribution in [1.29, 1.82) is 0 Å². The van der Waals surface area contributed by atoms with Crippen molar-refractivity contribution in [3.63, 3.8) is 0 Å². The van der Waals surface area contributed by atoms with Gasteiger partial charge in [-0.05, 0) is 71.4 Å². The van der Waals surface area contributed by atoms with E-state index in [0.29, 0.717) is 0 Å². The van der Waals surface area contributed by atoms with Crippen LogP contribution < -0.4 is 4.90 Å². The highest BCUT2D eigenvalue weighted by Crippen LogP contribution is 2.42. The predicted molar refractivity (Wildman–Crippen MR) is 168 cm³/mol. The molecule has 0 saturated heterocycles. The molecule has 0 spiro atoms. The molecule has 2 aromatic heterocycles. The van der Waals surface area contributed by atoms with Crippen LogP contribution in [0.2, 0.25) is 0 Å². The Morgan fingerprint density at radius 1 is 0.462 bits per heavy atom. The van der Waals surface area contributed by atoms with Gasteiger partial charge in [0.05, 0.1) is 5.52 Å². The van der Waals surface area contributed by atoms with Gasteiger partial charge >= 0.3 is 0 Å². The molecular formula is C36H24N2S. The van der Waals surface area contributed by atoms with Crippen molar-refractivity contribution in [2.45, 2.75) is 0 Å². The molecule has 3 heteroatoms. The van der Waals surface area contributed by atoms with Crippen molar-refractivity contribution < 1.29 is 0 Å². The average Bonchev–Trinajstić information content (AvgIpc) is 3.59. The number of rotatable bonds is 4. The zero-order valence-corrected chi connectivity index (χ0v) is 22.0. The minimum atomic E-state index is 1.13. The third-order valence-electron chi connectivity index (χ3n) is 7.58. The van der Waals surface area contributed by atoms with E-state index in [0.717, 1.165) is 22.7 Å². The molecule has 0 aliphatic carbocycles. The van der Waals surface area contributed by atoms with Crippen LogP contribution in [0.4, 0.5) is 17.1 Å². The van der Waals surface area contributed by atoms with E-state index in [4.69, 9.17) is 0 Å². The number of para-hydroxylation sites is 1. The number of fused-ring (bicyclic) bond motifs is 5. The summed E-state index contributed by atoms with van der Waals surface area (Å²) >= 11 is 1.86. The molecule has 0 radical (unpaired) electrons. The van der Waals surface area contributed by atoms with Crippen LogP contribution >= 0.6 is 11.3 Å². The number of thiophene rings is 1. The Hall–Kier alpha value is -4.86. The second-order valence-corrected chi connectivity index (χ2v) is 11.0. The van der Waals surface area contributed by atoms with E-state index in [1.165, 1.54) is 41.8 Å². The van der Waals surface area contributed by atoms with E-state index < -0.39 is 0 Å². The summed E-state index contributed by atoms with van der Waals surface area (Å²) in [5.41, 5.74) is 5.78. The zero-order valence-electron chi connectivity index (χ0n) is 21.2. The minimum Gasteiger partial charge on any atom is -0.316 e. The van der Waals surface area contributed by atoms with Gasteiger partial charge in [-0.1, -0.05) is 78.9 Å². The number of hydrogen-bond acceptors (Lipinski definition) is 2. The van der Waals surface area contributed by atoms with Crippen molar-refractivity contribution >= 4 is 70.2 Å². The summed E-state index contributed by atoms with van der Waals surface area (Å²) < 4.78 is 4.89. The summed E-state index contributed by atoms with van der Waals surface area (Å²) in [6.07, 6.45) is 2.16. The summed E-state index contributed by atoms with van der Waals surface area (Å²) in [7, 11) is 0. The lowest BCUT2D eigenvalue weighted by Gasteiger charge is -2.26. The Labute approximate surface area is 230 Å². The van der Waals surface area contributed by atoms with Gasteiger partial charge in [-0.25, -0.2) is 0 Å². The van der Waals surface area contributed by atoms with E-state index >= 15 is 0 Å². The summed E-state index contributed by atoms with van der Waals surface area (Å²) in [6, 6.07) is 50.4. The molecule has 0 amide bonds. The van der Waals surface area contributed by atoms with Crippen LogP contribution in [0.5, 0.6) is 0 Å². The summed E-state index contributed by atoms with van der Waals surface area (Å²) in [4.78, 5) is 2.39. The summed E-state index contributed by atoms with van der Waals surface area (Å²) in [5.74, 6) is 0. The molecule has 0 unspecified atom stereocenters. The third kappa shape index (κ3) is 3.70. The summed E-state index contributed by atoms with van der Waals surface area (Å²) in [6.45, 7) is 0. The molecule has 0 atom stereocenters. The van der Waals surface area contributed by atoms with Gasteiger partial charge < -0.3 is 9.47 Å². The lowest BCUT2D eigenvalue weighted by molar-refractivity contribution is 1.13. The maximum atomic E-state index is 2.39. The summed E-state index contributed by atoms with van der Waals surface area (Å²) in [5, 5.41) is 6.34. The molecule has 0 N–H and O–H groups in total. The van der Waals surface area contributed by atoms with Crippen molar-refractivity contribution in [2.75, 3.05) is 4.90 Å². The zero-order chi connectivity index (χ0) is 25.8. The van der Waals surface area contributed by atoms with Crippen LogP contribution in [0, 0.1) is 0 Å². The Morgan fingerprint density at radius 3 is 2.03 bits per heavy atom. The highest BCUT2D eigenvalue weighted by Gasteiger charge is 2.16. The first-order valence-electron chi connectivity index (χ1n) is 13.2. The van der Waals surface area contributed by atoms with Gasteiger partial charge in [-0.3, -0.25) is 0 Å². The SMILES string of the molecule is c1ccc(-n2ccc3ccc(N(c4ccc5ccccc5c4)c4ccc5c(c4)sc4ccccc45)cc32)cc1. The quantitative estimate of drug-likeness (QED) is 0.226. The molecule has 0 aliphatic heterocycles. The van der Waals surface area contributed by atoms with Crippen molar-refractivity contribution in [3.05, 3.63) is 146 Å². The largest absolute Gasteiger partial charge is 0.316 e. The van der Waals surface area contributed by atoms with Gasteiger partial charge in [0, 0.05) is 54.5 Å². The molecule has 0 aliphatic rings. The molecule has 2 heterocycles. The van der Waals surface area contributed by atoms with Gasteiger partial charge in [-0.2, -0.15) is 0 Å². The van der Waals surface area contributed by atoms with E-state index in [-0.39, 0.29) is 0 Å². The fourth-order valence-electron chi connectivity index (χ4n) is 5.69. The van der Waals surface area contributed by atoms with E-state index in [9.17, 15) is 0 Å². The monoisotopic (exact) mass is 516 g/mol. The first-order valence-corrected chi connectivity index (χ1v) is 14.0. The van der Waals surface area contributed by atoms with Crippen LogP contribution in [0.15, 0.2) is 146 Å². The Morgan fingerprint density at radius 2 is 1.13 bits per heavy atom. The molecule has 8 aromatic rings. The van der Waals surface area contributed by atoms with Gasteiger partial charge in [0.2, 0.25) is 0 Å². The topological polar surface area (TPSA) is 8.17 Å². The normalized spacial score (nSPS) is 11.6. The highest BCUT2D eigenvalue weighted by atomic mass is 32.1. The second-order valence-electron chi connectivity index (χ2n) is 9.91. The highest BCUT2D eigenvalue weighted by molar-refractivity contribution is 7.25. The lowest BCUT2D eigenvalue weighted by Crippen LogP contribution is -2.10. The molecule has 0 bridgehead atoms. The molecule has 184 valence electrons. The van der Waals surface area contributed by atoms with Gasteiger partial charge in [-0.15, -0.1) is 11.3 Å². The number of nitrogens with zero attached hydrogens (tertiary/aromatic N) is 2. The van der Waals surface area contributed by atoms with Crippen LogP contribution in [0.3, 0.4) is 0 Å². The Balaban J connectivity index is 1.36. The van der Waals surface area contributed by atoms with Crippen LogP contribution in [0.1, 0.15) is 0 Å². The molecule has 2 nitrogen and oxygen atoms in total. The average molecular weight is 517 g/mol. The third-order valence-corrected chi connectivity index (χ3v) is 8.71. The van der Waals surface area contributed by atoms with Crippen LogP contribution in [0.25, 0.3) is 47.5 Å². The van der Waals surface area contributed by atoms with Gasteiger partial charge in [0.15, 0.2) is 0 Å². The van der Waals surface area contributed by atoms with E-state index in [1.54, 1.807) is 0 Å². The minimum absolute atomic E-state index is 1.13. The first kappa shape index (κ1) is 22.2. The smallest absolute Gasteiger partial charge is 0.0549 e. The molecular weight excluding hydrogens is 492 g/mol. The number of hydrogen-bond donors (Lipinski definition) is 0. The van der Waals surface area contributed by atoms with Crippen molar-refractivity contribution in [1.82, 2.24) is 4.57 Å². The predicted octanol–water partition coefficient (Wildman–Crippen LogP) is 10.6. The molecule has 8 rings (SSSR count). The maximum Gasteiger partial charge on any atom is 0.0549 e. The van der Waals surface area contributed by atoms with Crippen LogP contribution in [-0.4, -0.2) is 4.57 Å².